The number of carbonyl (C=O) groups is 1. The van der Waals surface area contributed by atoms with Crippen molar-refractivity contribution >= 4 is 5.78 Å². The van der Waals surface area contributed by atoms with E-state index in [4.69, 9.17) is 10.2 Å². The fraction of sp³-hybridized carbons (Fsp3) is 0.133. The smallest absolute Gasteiger partial charge is 0.193 e. The lowest BCUT2D eigenvalue weighted by atomic mass is 10.0. The summed E-state index contributed by atoms with van der Waals surface area (Å²) >= 11 is 0. The van der Waals surface area contributed by atoms with Crippen molar-refractivity contribution in [1.29, 1.82) is 0 Å². The van der Waals surface area contributed by atoms with Crippen molar-refractivity contribution in [2.24, 2.45) is 0 Å². The molecule has 0 amide bonds. The Morgan fingerprint density at radius 1 is 0.722 bits per heavy atom. The van der Waals surface area contributed by atoms with Crippen LogP contribution in [0, 0.1) is 0 Å². The molecular formula is C15H16O3. The minimum Gasteiger partial charge on any atom is -0.394 e. The minimum atomic E-state index is -0.125. The number of aliphatic hydroxyl groups excluding tert-OH is 2. The largest absolute Gasteiger partial charge is 0.394 e. The maximum Gasteiger partial charge on any atom is 0.193 e. The molecule has 0 spiro atoms. The van der Waals surface area contributed by atoms with E-state index in [1.165, 1.54) is 0 Å². The van der Waals surface area contributed by atoms with Crippen LogP contribution in [-0.4, -0.2) is 29.2 Å². The highest BCUT2D eigenvalue weighted by Gasteiger charge is 2.06. The van der Waals surface area contributed by atoms with Crippen LogP contribution in [0.3, 0.4) is 0 Å². The van der Waals surface area contributed by atoms with Gasteiger partial charge in [-0.3, -0.25) is 4.79 Å². The summed E-state index contributed by atoms with van der Waals surface area (Å²) in [7, 11) is 0. The van der Waals surface area contributed by atoms with E-state index in [1.54, 1.807) is 0 Å². The summed E-state index contributed by atoms with van der Waals surface area (Å²) in [4.78, 5) is 11.8. The van der Waals surface area contributed by atoms with Crippen LogP contribution in [0.5, 0.6) is 0 Å². The van der Waals surface area contributed by atoms with Gasteiger partial charge < -0.3 is 10.2 Å². The van der Waals surface area contributed by atoms with Crippen LogP contribution in [0.4, 0.5) is 0 Å². The minimum absolute atomic E-state index is 0.0752. The third-order valence-corrected chi connectivity index (χ3v) is 2.17. The summed E-state index contributed by atoms with van der Waals surface area (Å²) in [6.07, 6.45) is 0. The zero-order chi connectivity index (χ0) is 13.2. The molecule has 0 unspecified atom stereocenters. The molecule has 18 heavy (non-hydrogen) atoms. The monoisotopic (exact) mass is 244 g/mol. The first-order valence-electron chi connectivity index (χ1n) is 5.66. The standard InChI is InChI=1S/C13H10O.C2H6O2/c14-13(11-7-3-1-4-8-11)12-9-5-2-6-10-12;3-1-2-4/h1-10H;3-4H,1-2H2. The van der Waals surface area contributed by atoms with Gasteiger partial charge in [-0.15, -0.1) is 0 Å². The zero-order valence-corrected chi connectivity index (χ0v) is 9.99. The number of carbonyl (C=O) groups excluding carboxylic acids is 1. The van der Waals surface area contributed by atoms with E-state index in [1.807, 2.05) is 60.7 Å². The molecule has 0 saturated heterocycles. The van der Waals surface area contributed by atoms with Crippen molar-refractivity contribution in [3.05, 3.63) is 71.8 Å². The van der Waals surface area contributed by atoms with Gasteiger partial charge in [0.1, 0.15) is 0 Å². The van der Waals surface area contributed by atoms with E-state index in [2.05, 4.69) is 0 Å². The fourth-order valence-corrected chi connectivity index (χ4v) is 1.35. The normalized spacial score (nSPS) is 9.22. The third-order valence-electron chi connectivity index (χ3n) is 2.17. The molecule has 0 radical (unpaired) electrons. The molecule has 0 saturated carbocycles. The molecular weight excluding hydrogens is 228 g/mol. The summed E-state index contributed by atoms with van der Waals surface area (Å²) < 4.78 is 0. The fourth-order valence-electron chi connectivity index (χ4n) is 1.35. The number of aliphatic hydroxyl groups is 2. The van der Waals surface area contributed by atoms with Gasteiger partial charge in [-0.05, 0) is 0 Å². The van der Waals surface area contributed by atoms with Crippen LogP contribution < -0.4 is 0 Å². The van der Waals surface area contributed by atoms with Crippen LogP contribution in [0.1, 0.15) is 15.9 Å². The lowest BCUT2D eigenvalue weighted by molar-refractivity contribution is 0.103. The maximum atomic E-state index is 11.8. The Kier molecular flexibility index (Phi) is 6.40. The van der Waals surface area contributed by atoms with Crippen molar-refractivity contribution in [2.75, 3.05) is 13.2 Å². The zero-order valence-electron chi connectivity index (χ0n) is 9.99. The van der Waals surface area contributed by atoms with Gasteiger partial charge in [-0.25, -0.2) is 0 Å². The summed E-state index contributed by atoms with van der Waals surface area (Å²) in [6, 6.07) is 18.6. The molecule has 0 aromatic heterocycles. The molecule has 0 atom stereocenters. The van der Waals surface area contributed by atoms with E-state index in [0.717, 1.165) is 11.1 Å². The maximum absolute atomic E-state index is 11.8. The van der Waals surface area contributed by atoms with Gasteiger partial charge in [0, 0.05) is 11.1 Å². The Morgan fingerprint density at radius 2 is 1.06 bits per heavy atom. The van der Waals surface area contributed by atoms with Crippen LogP contribution in [0.15, 0.2) is 60.7 Å². The van der Waals surface area contributed by atoms with Crippen LogP contribution >= 0.6 is 0 Å². The van der Waals surface area contributed by atoms with Crippen LogP contribution in [-0.2, 0) is 0 Å². The van der Waals surface area contributed by atoms with Gasteiger partial charge in [0.25, 0.3) is 0 Å². The van der Waals surface area contributed by atoms with Crippen LogP contribution in [0.25, 0.3) is 0 Å². The Labute approximate surface area is 106 Å². The topological polar surface area (TPSA) is 57.5 Å². The summed E-state index contributed by atoms with van der Waals surface area (Å²) in [5, 5.41) is 15.2. The molecule has 0 aliphatic rings. The number of rotatable bonds is 3. The second kappa shape index (κ2) is 8.17. The number of hydrogen-bond acceptors (Lipinski definition) is 3. The Morgan fingerprint density at radius 3 is 1.33 bits per heavy atom. The highest BCUT2D eigenvalue weighted by Crippen LogP contribution is 2.08. The molecule has 3 nitrogen and oxygen atoms in total. The molecule has 2 N–H and O–H groups in total. The number of benzene rings is 2. The third kappa shape index (κ3) is 4.49. The van der Waals surface area contributed by atoms with Gasteiger partial charge >= 0.3 is 0 Å². The average molecular weight is 244 g/mol. The average Bonchev–Trinajstić information content (AvgIpc) is 2.48. The molecule has 3 heteroatoms. The van der Waals surface area contributed by atoms with Crippen molar-refractivity contribution < 1.29 is 15.0 Å². The first-order chi connectivity index (χ1) is 8.79. The lowest BCUT2D eigenvalue weighted by Crippen LogP contribution is -1.99. The van der Waals surface area contributed by atoms with E-state index in [0.29, 0.717) is 0 Å². The van der Waals surface area contributed by atoms with Crippen molar-refractivity contribution in [3.63, 3.8) is 0 Å². The van der Waals surface area contributed by atoms with Crippen molar-refractivity contribution in [2.45, 2.75) is 0 Å². The van der Waals surface area contributed by atoms with Crippen molar-refractivity contribution in [1.82, 2.24) is 0 Å². The Balaban J connectivity index is 0.000000357. The molecule has 2 aromatic rings. The molecule has 94 valence electrons. The molecule has 0 aliphatic carbocycles. The number of hydrogen-bond donors (Lipinski definition) is 2. The van der Waals surface area contributed by atoms with E-state index >= 15 is 0 Å². The molecule has 0 bridgehead atoms. The second-order valence-electron chi connectivity index (χ2n) is 3.51. The predicted molar refractivity (Wildman–Crippen MR) is 70.5 cm³/mol. The molecule has 2 rings (SSSR count). The Bertz CT molecular complexity index is 408. The second-order valence-corrected chi connectivity index (χ2v) is 3.51. The first kappa shape index (κ1) is 14.1. The van der Waals surface area contributed by atoms with Crippen LogP contribution in [0.2, 0.25) is 0 Å². The summed E-state index contributed by atoms with van der Waals surface area (Å²) in [6.45, 7) is -0.250. The molecule has 0 heterocycles. The van der Waals surface area contributed by atoms with E-state index in [9.17, 15) is 4.79 Å². The van der Waals surface area contributed by atoms with Gasteiger partial charge in [-0.1, -0.05) is 60.7 Å². The highest BCUT2D eigenvalue weighted by atomic mass is 16.3. The highest BCUT2D eigenvalue weighted by molar-refractivity contribution is 6.08. The van der Waals surface area contributed by atoms with Gasteiger partial charge in [-0.2, -0.15) is 0 Å². The molecule has 2 aromatic carbocycles. The summed E-state index contributed by atoms with van der Waals surface area (Å²) in [5.41, 5.74) is 1.47. The molecule has 0 fully saturated rings. The summed E-state index contributed by atoms with van der Waals surface area (Å²) in [5.74, 6) is 0.0752. The molecule has 0 aliphatic heterocycles. The van der Waals surface area contributed by atoms with E-state index in [-0.39, 0.29) is 19.0 Å². The number of ketones is 1. The SMILES string of the molecule is O=C(c1ccccc1)c1ccccc1.OCCO. The quantitative estimate of drug-likeness (QED) is 0.811. The van der Waals surface area contributed by atoms with Gasteiger partial charge in [0.2, 0.25) is 0 Å². The van der Waals surface area contributed by atoms with Gasteiger partial charge in [0.15, 0.2) is 5.78 Å². The van der Waals surface area contributed by atoms with Gasteiger partial charge in [0.05, 0.1) is 13.2 Å². The first-order valence-corrected chi connectivity index (χ1v) is 5.66. The Hall–Kier alpha value is -1.97. The predicted octanol–water partition coefficient (Wildman–Crippen LogP) is 1.89. The van der Waals surface area contributed by atoms with E-state index < -0.39 is 0 Å². The van der Waals surface area contributed by atoms with Crippen molar-refractivity contribution in [3.8, 4) is 0 Å². The lowest BCUT2D eigenvalue weighted by Gasteiger charge is -1.99.